The van der Waals surface area contributed by atoms with Crippen LogP contribution in [0.25, 0.3) is 0 Å². The monoisotopic (exact) mass is 328 g/mol. The molecule has 0 saturated carbocycles. The molecule has 2 aromatic carbocycles. The number of ether oxygens (including phenoxy) is 2. The third-order valence-electron chi connectivity index (χ3n) is 3.19. The maximum atomic E-state index is 11.8. The molecule has 2 amide bonds. The summed E-state index contributed by atoms with van der Waals surface area (Å²) in [5.74, 6) is 0.145. The van der Waals surface area contributed by atoms with Crippen LogP contribution >= 0.6 is 0 Å². The third kappa shape index (κ3) is 5.31. The van der Waals surface area contributed by atoms with E-state index in [0.717, 1.165) is 11.3 Å². The maximum absolute atomic E-state index is 11.8. The van der Waals surface area contributed by atoms with Gasteiger partial charge in [-0.2, -0.15) is 0 Å². The molecule has 0 aliphatic heterocycles. The summed E-state index contributed by atoms with van der Waals surface area (Å²) in [6.45, 7) is 2.49. The highest BCUT2D eigenvalue weighted by Crippen LogP contribution is 2.16. The van der Waals surface area contributed by atoms with Gasteiger partial charge in [0.1, 0.15) is 18.1 Å². The van der Waals surface area contributed by atoms with E-state index in [2.05, 4.69) is 5.32 Å². The lowest BCUT2D eigenvalue weighted by Gasteiger charge is -2.10. The van der Waals surface area contributed by atoms with Crippen LogP contribution < -0.4 is 20.5 Å². The van der Waals surface area contributed by atoms with Crippen molar-refractivity contribution in [2.75, 3.05) is 19.8 Å². The number of carbonyl (C=O) groups excluding carboxylic acids is 2. The molecule has 0 fully saturated rings. The molecular formula is C18H20N2O4. The fourth-order valence-electron chi connectivity index (χ4n) is 2.05. The second kappa shape index (κ2) is 8.57. The van der Waals surface area contributed by atoms with Crippen molar-refractivity contribution < 1.29 is 19.1 Å². The molecule has 2 rings (SSSR count). The normalized spacial score (nSPS) is 10.0. The summed E-state index contributed by atoms with van der Waals surface area (Å²) in [6.07, 6.45) is 0. The molecule has 0 aliphatic carbocycles. The molecule has 0 spiro atoms. The number of aryl methyl sites for hydroxylation is 1. The number of nitrogens with one attached hydrogen (secondary N) is 1. The first-order chi connectivity index (χ1) is 11.6. The number of benzene rings is 2. The summed E-state index contributed by atoms with van der Waals surface area (Å²) in [5, 5.41) is 2.68. The number of carbonyl (C=O) groups is 2. The highest BCUT2D eigenvalue weighted by atomic mass is 16.5. The highest BCUT2D eigenvalue weighted by Gasteiger charge is 2.10. The standard InChI is InChI=1S/C18H20N2O4/c1-13-5-4-6-14(11-13)23-10-9-20-17(21)12-24-16-8-3-2-7-15(16)18(19)22/h2-8,11H,9-10,12H2,1H3,(H2,19,22)(H,20,21). The van der Waals surface area contributed by atoms with E-state index >= 15 is 0 Å². The first-order valence-corrected chi connectivity index (χ1v) is 7.54. The van der Waals surface area contributed by atoms with E-state index in [1.807, 2.05) is 31.2 Å². The predicted molar refractivity (Wildman–Crippen MR) is 90.1 cm³/mol. The summed E-state index contributed by atoms with van der Waals surface area (Å²) in [7, 11) is 0. The minimum Gasteiger partial charge on any atom is -0.492 e. The molecular weight excluding hydrogens is 308 g/mol. The van der Waals surface area contributed by atoms with Crippen LogP contribution in [-0.4, -0.2) is 31.6 Å². The molecule has 0 atom stereocenters. The van der Waals surface area contributed by atoms with E-state index in [0.29, 0.717) is 13.2 Å². The van der Waals surface area contributed by atoms with Crippen LogP contribution in [0.4, 0.5) is 0 Å². The summed E-state index contributed by atoms with van der Waals surface area (Å²) < 4.78 is 10.9. The summed E-state index contributed by atoms with van der Waals surface area (Å²) in [4.78, 5) is 23.0. The predicted octanol–water partition coefficient (Wildman–Crippen LogP) is 1.67. The van der Waals surface area contributed by atoms with E-state index in [4.69, 9.17) is 15.2 Å². The van der Waals surface area contributed by atoms with E-state index < -0.39 is 5.91 Å². The fourth-order valence-corrected chi connectivity index (χ4v) is 2.05. The lowest BCUT2D eigenvalue weighted by Crippen LogP contribution is -2.32. The number of amides is 2. The Bertz CT molecular complexity index is 716. The first-order valence-electron chi connectivity index (χ1n) is 7.54. The largest absolute Gasteiger partial charge is 0.492 e. The number of hydrogen-bond acceptors (Lipinski definition) is 4. The van der Waals surface area contributed by atoms with Crippen molar-refractivity contribution in [3.8, 4) is 11.5 Å². The molecule has 6 heteroatoms. The van der Waals surface area contributed by atoms with Gasteiger partial charge in [-0.15, -0.1) is 0 Å². The Labute approximate surface area is 140 Å². The lowest BCUT2D eigenvalue weighted by atomic mass is 10.2. The van der Waals surface area contributed by atoms with Crippen molar-refractivity contribution in [3.05, 3.63) is 59.7 Å². The van der Waals surface area contributed by atoms with Crippen LogP contribution in [0.15, 0.2) is 48.5 Å². The number of hydrogen-bond donors (Lipinski definition) is 2. The smallest absolute Gasteiger partial charge is 0.258 e. The number of nitrogens with two attached hydrogens (primary N) is 1. The van der Waals surface area contributed by atoms with Crippen molar-refractivity contribution in [2.45, 2.75) is 6.92 Å². The molecule has 126 valence electrons. The topological polar surface area (TPSA) is 90.7 Å². The molecule has 0 bridgehead atoms. The van der Waals surface area contributed by atoms with Gasteiger partial charge in [-0.1, -0.05) is 24.3 Å². The number of primary amides is 1. The van der Waals surface area contributed by atoms with Crippen LogP contribution in [0, 0.1) is 6.92 Å². The van der Waals surface area contributed by atoms with Crippen LogP contribution in [0.3, 0.4) is 0 Å². The second-order valence-electron chi connectivity index (χ2n) is 5.16. The van der Waals surface area contributed by atoms with Crippen molar-refractivity contribution in [2.24, 2.45) is 5.73 Å². The van der Waals surface area contributed by atoms with Crippen LogP contribution in [-0.2, 0) is 4.79 Å². The van der Waals surface area contributed by atoms with Gasteiger partial charge in [0, 0.05) is 0 Å². The molecule has 0 aromatic heterocycles. The average Bonchev–Trinajstić information content (AvgIpc) is 2.57. The van der Waals surface area contributed by atoms with Crippen molar-refractivity contribution in [3.63, 3.8) is 0 Å². The van der Waals surface area contributed by atoms with Crippen molar-refractivity contribution >= 4 is 11.8 Å². The highest BCUT2D eigenvalue weighted by molar-refractivity contribution is 5.95. The molecule has 0 radical (unpaired) electrons. The van der Waals surface area contributed by atoms with Gasteiger partial charge < -0.3 is 20.5 Å². The lowest BCUT2D eigenvalue weighted by molar-refractivity contribution is -0.123. The Morgan fingerprint density at radius 2 is 1.88 bits per heavy atom. The second-order valence-corrected chi connectivity index (χ2v) is 5.16. The van der Waals surface area contributed by atoms with Crippen molar-refractivity contribution in [1.29, 1.82) is 0 Å². The van der Waals surface area contributed by atoms with Gasteiger partial charge >= 0.3 is 0 Å². The zero-order valence-electron chi connectivity index (χ0n) is 13.5. The third-order valence-corrected chi connectivity index (χ3v) is 3.19. The molecule has 24 heavy (non-hydrogen) atoms. The van der Waals surface area contributed by atoms with Gasteiger partial charge in [-0.05, 0) is 36.8 Å². The molecule has 3 N–H and O–H groups in total. The Kier molecular flexibility index (Phi) is 6.19. The van der Waals surface area contributed by atoms with Crippen LogP contribution in [0.2, 0.25) is 0 Å². The van der Waals surface area contributed by atoms with Crippen molar-refractivity contribution in [1.82, 2.24) is 5.32 Å². The van der Waals surface area contributed by atoms with Gasteiger partial charge in [-0.25, -0.2) is 0 Å². The number of para-hydroxylation sites is 1. The van der Waals surface area contributed by atoms with Gasteiger partial charge in [-0.3, -0.25) is 9.59 Å². The summed E-state index contributed by atoms with van der Waals surface area (Å²) >= 11 is 0. The number of rotatable bonds is 8. The molecule has 0 heterocycles. The zero-order chi connectivity index (χ0) is 17.4. The summed E-state index contributed by atoms with van der Waals surface area (Å²) in [6, 6.07) is 14.2. The minimum absolute atomic E-state index is 0.200. The minimum atomic E-state index is -0.599. The molecule has 0 saturated heterocycles. The van der Waals surface area contributed by atoms with Gasteiger partial charge in [0.25, 0.3) is 11.8 Å². The van der Waals surface area contributed by atoms with Gasteiger partial charge in [0.05, 0.1) is 12.1 Å². The van der Waals surface area contributed by atoms with E-state index in [1.165, 1.54) is 0 Å². The Hall–Kier alpha value is -3.02. The molecule has 0 aliphatic rings. The molecule has 6 nitrogen and oxygen atoms in total. The SMILES string of the molecule is Cc1cccc(OCCNC(=O)COc2ccccc2C(N)=O)c1. The fraction of sp³-hybridized carbons (Fsp3) is 0.222. The van der Waals surface area contributed by atoms with E-state index in [1.54, 1.807) is 24.3 Å². The molecule has 2 aromatic rings. The summed E-state index contributed by atoms with van der Waals surface area (Å²) in [5.41, 5.74) is 6.60. The van der Waals surface area contributed by atoms with Crippen LogP contribution in [0.5, 0.6) is 11.5 Å². The Morgan fingerprint density at radius 1 is 1.08 bits per heavy atom. The zero-order valence-corrected chi connectivity index (χ0v) is 13.5. The van der Waals surface area contributed by atoms with E-state index in [-0.39, 0.29) is 23.8 Å². The Balaban J connectivity index is 1.71. The quantitative estimate of drug-likeness (QED) is 0.721. The van der Waals surface area contributed by atoms with E-state index in [9.17, 15) is 9.59 Å². The van der Waals surface area contributed by atoms with Gasteiger partial charge in [0.2, 0.25) is 0 Å². The first kappa shape index (κ1) is 17.3. The van der Waals surface area contributed by atoms with Gasteiger partial charge in [0.15, 0.2) is 6.61 Å². The average molecular weight is 328 g/mol. The Morgan fingerprint density at radius 3 is 2.62 bits per heavy atom. The maximum Gasteiger partial charge on any atom is 0.258 e. The molecule has 0 unspecified atom stereocenters. The van der Waals surface area contributed by atoms with Crippen LogP contribution in [0.1, 0.15) is 15.9 Å².